The van der Waals surface area contributed by atoms with Gasteiger partial charge < -0.3 is 5.73 Å². The van der Waals surface area contributed by atoms with Gasteiger partial charge in [0.1, 0.15) is 0 Å². The number of nitrogens with one attached hydrogen (secondary N) is 1. The van der Waals surface area contributed by atoms with E-state index in [4.69, 9.17) is 11.1 Å². The molecule has 19 heavy (non-hydrogen) atoms. The zero-order valence-corrected chi connectivity index (χ0v) is 12.2. The summed E-state index contributed by atoms with van der Waals surface area (Å²) in [5.74, 6) is -0.195. The molecule has 0 radical (unpaired) electrons. The molecular weight excluding hydrogens is 262 g/mol. The summed E-state index contributed by atoms with van der Waals surface area (Å²) in [4.78, 5) is 0. The van der Waals surface area contributed by atoms with E-state index >= 15 is 0 Å². The summed E-state index contributed by atoms with van der Waals surface area (Å²) in [6.07, 6.45) is 0.488. The van der Waals surface area contributed by atoms with Crippen LogP contribution in [0.25, 0.3) is 0 Å². The number of hydrogen-bond donors (Lipinski definition) is 2. The third-order valence-electron chi connectivity index (χ3n) is 3.03. The van der Waals surface area contributed by atoms with Crippen molar-refractivity contribution in [3.05, 3.63) is 35.9 Å². The minimum Gasteiger partial charge on any atom is -0.387 e. The first kappa shape index (κ1) is 15.7. The van der Waals surface area contributed by atoms with Crippen LogP contribution in [0.3, 0.4) is 0 Å². The fourth-order valence-corrected chi connectivity index (χ4v) is 2.90. The average molecular weight is 283 g/mol. The normalized spacial score (nSPS) is 13.4. The van der Waals surface area contributed by atoms with Crippen LogP contribution in [0.1, 0.15) is 12.5 Å². The smallest absolute Gasteiger partial charge is 0.214 e. The predicted octanol–water partition coefficient (Wildman–Crippen LogP) is 1.06. The lowest BCUT2D eigenvalue weighted by Gasteiger charge is -2.20. The number of nitrogens with two attached hydrogens (primary N) is 1. The van der Waals surface area contributed by atoms with Gasteiger partial charge >= 0.3 is 0 Å². The fourth-order valence-electron chi connectivity index (χ4n) is 1.64. The van der Waals surface area contributed by atoms with Crippen LogP contribution in [-0.2, 0) is 16.4 Å². The van der Waals surface area contributed by atoms with Gasteiger partial charge in [0.15, 0.2) is 0 Å². The summed E-state index contributed by atoms with van der Waals surface area (Å²) < 4.78 is 25.4. The largest absolute Gasteiger partial charge is 0.387 e. The first-order chi connectivity index (χ1) is 8.83. The van der Waals surface area contributed by atoms with Gasteiger partial charge in [-0.1, -0.05) is 37.3 Å². The van der Waals surface area contributed by atoms with Crippen LogP contribution in [0.15, 0.2) is 30.3 Å². The van der Waals surface area contributed by atoms with Crippen LogP contribution < -0.4 is 5.73 Å². The summed E-state index contributed by atoms with van der Waals surface area (Å²) in [6.45, 7) is 1.98. The molecule has 0 aliphatic heterocycles. The third kappa shape index (κ3) is 5.00. The predicted molar refractivity (Wildman–Crippen MR) is 77.6 cm³/mol. The summed E-state index contributed by atoms with van der Waals surface area (Å²) >= 11 is 0. The number of sulfonamides is 1. The molecule has 0 spiro atoms. The Hall–Kier alpha value is -1.40. The van der Waals surface area contributed by atoms with Crippen LogP contribution in [0.4, 0.5) is 0 Å². The second-order valence-electron chi connectivity index (χ2n) is 4.69. The first-order valence-electron chi connectivity index (χ1n) is 6.15. The second kappa shape index (κ2) is 6.68. The monoisotopic (exact) mass is 283 g/mol. The molecular formula is C13H21N3O2S. The van der Waals surface area contributed by atoms with E-state index in [0.29, 0.717) is 6.42 Å². The van der Waals surface area contributed by atoms with Gasteiger partial charge in [-0.2, -0.15) is 0 Å². The number of benzene rings is 1. The molecule has 0 aliphatic rings. The van der Waals surface area contributed by atoms with Crippen molar-refractivity contribution >= 4 is 15.9 Å². The zero-order chi connectivity index (χ0) is 14.5. The van der Waals surface area contributed by atoms with Crippen LogP contribution in [0.5, 0.6) is 0 Å². The first-order valence-corrected chi connectivity index (χ1v) is 7.75. The van der Waals surface area contributed by atoms with E-state index in [1.807, 2.05) is 30.3 Å². The lowest BCUT2D eigenvalue weighted by molar-refractivity contribution is 0.443. The van der Waals surface area contributed by atoms with Crippen molar-refractivity contribution in [3.63, 3.8) is 0 Å². The van der Waals surface area contributed by atoms with Crippen LogP contribution in [0, 0.1) is 11.3 Å². The lowest BCUT2D eigenvalue weighted by atomic mass is 10.2. The topological polar surface area (TPSA) is 87.2 Å². The molecule has 0 amide bonds. The molecule has 1 rings (SSSR count). The Kier molecular flexibility index (Phi) is 5.50. The number of rotatable bonds is 7. The Balaban J connectivity index is 2.58. The standard InChI is InChI=1S/C13H21N3O2S/c1-11(13(14)15)10-16(2)19(17,18)9-8-12-6-4-3-5-7-12/h3-7,11H,8-10H2,1-2H3,(H3,14,15). The van der Waals surface area contributed by atoms with E-state index in [-0.39, 0.29) is 24.1 Å². The molecule has 0 heterocycles. The maximum Gasteiger partial charge on any atom is 0.214 e. The Morgan fingerprint density at radius 2 is 1.95 bits per heavy atom. The Bertz CT molecular complexity index is 514. The number of amidine groups is 1. The van der Waals surface area contributed by atoms with E-state index in [2.05, 4.69) is 0 Å². The van der Waals surface area contributed by atoms with Gasteiger partial charge in [0.2, 0.25) is 10.0 Å². The third-order valence-corrected chi connectivity index (χ3v) is 4.85. The highest BCUT2D eigenvalue weighted by Crippen LogP contribution is 2.07. The molecule has 5 nitrogen and oxygen atoms in total. The molecule has 0 saturated carbocycles. The molecule has 0 saturated heterocycles. The van der Waals surface area contributed by atoms with Crippen molar-refractivity contribution in [2.24, 2.45) is 11.7 Å². The van der Waals surface area contributed by atoms with Gasteiger partial charge in [-0.3, -0.25) is 5.41 Å². The molecule has 0 aliphatic carbocycles. The lowest BCUT2D eigenvalue weighted by Crippen LogP contribution is -2.37. The number of hydrogen-bond acceptors (Lipinski definition) is 3. The molecule has 6 heteroatoms. The van der Waals surface area contributed by atoms with Gasteiger partial charge in [-0.25, -0.2) is 12.7 Å². The van der Waals surface area contributed by atoms with Gasteiger partial charge in [0.25, 0.3) is 0 Å². The Morgan fingerprint density at radius 3 is 2.47 bits per heavy atom. The van der Waals surface area contributed by atoms with Crippen molar-refractivity contribution < 1.29 is 8.42 Å². The summed E-state index contributed by atoms with van der Waals surface area (Å²) in [6, 6.07) is 9.51. The highest BCUT2D eigenvalue weighted by Gasteiger charge is 2.20. The SMILES string of the molecule is CC(CN(C)S(=O)(=O)CCc1ccccc1)C(=N)N. The molecule has 1 aromatic rings. The minimum absolute atomic E-state index is 0.00473. The van der Waals surface area contributed by atoms with Gasteiger partial charge in [0.05, 0.1) is 11.6 Å². The second-order valence-corrected chi connectivity index (χ2v) is 6.88. The highest BCUT2D eigenvalue weighted by molar-refractivity contribution is 7.89. The Labute approximate surface area is 115 Å². The molecule has 0 aromatic heterocycles. The summed E-state index contributed by atoms with van der Waals surface area (Å²) in [7, 11) is -1.78. The van der Waals surface area contributed by atoms with Crippen molar-refractivity contribution in [3.8, 4) is 0 Å². The van der Waals surface area contributed by atoms with E-state index in [0.717, 1.165) is 5.56 Å². The van der Waals surface area contributed by atoms with Crippen molar-refractivity contribution in [1.82, 2.24) is 4.31 Å². The van der Waals surface area contributed by atoms with Crippen molar-refractivity contribution in [2.45, 2.75) is 13.3 Å². The molecule has 106 valence electrons. The molecule has 1 aromatic carbocycles. The van der Waals surface area contributed by atoms with Gasteiger partial charge in [0, 0.05) is 19.5 Å². The number of aryl methyl sites for hydroxylation is 1. The van der Waals surface area contributed by atoms with E-state index < -0.39 is 10.0 Å². The average Bonchev–Trinajstić information content (AvgIpc) is 2.37. The highest BCUT2D eigenvalue weighted by atomic mass is 32.2. The van der Waals surface area contributed by atoms with Gasteiger partial charge in [-0.05, 0) is 12.0 Å². The molecule has 1 unspecified atom stereocenters. The summed E-state index contributed by atoms with van der Waals surface area (Å²) in [5.41, 5.74) is 6.35. The molecule has 1 atom stereocenters. The van der Waals surface area contributed by atoms with Crippen LogP contribution in [0.2, 0.25) is 0 Å². The quantitative estimate of drug-likeness (QED) is 0.579. The fraction of sp³-hybridized carbons (Fsp3) is 0.462. The Morgan fingerprint density at radius 1 is 1.37 bits per heavy atom. The van der Waals surface area contributed by atoms with Crippen molar-refractivity contribution in [1.29, 1.82) is 5.41 Å². The molecule has 0 bridgehead atoms. The molecule has 3 N–H and O–H groups in total. The van der Waals surface area contributed by atoms with Crippen molar-refractivity contribution in [2.75, 3.05) is 19.3 Å². The molecule has 0 fully saturated rings. The van der Waals surface area contributed by atoms with E-state index in [1.165, 1.54) is 11.4 Å². The summed E-state index contributed by atoms with van der Waals surface area (Å²) in [5, 5.41) is 7.29. The zero-order valence-electron chi connectivity index (χ0n) is 11.3. The van der Waals surface area contributed by atoms with E-state index in [1.54, 1.807) is 6.92 Å². The van der Waals surface area contributed by atoms with E-state index in [9.17, 15) is 8.42 Å². The minimum atomic E-state index is -3.31. The van der Waals surface area contributed by atoms with Gasteiger partial charge in [-0.15, -0.1) is 0 Å². The van der Waals surface area contributed by atoms with Crippen LogP contribution in [-0.4, -0.2) is 37.9 Å². The van der Waals surface area contributed by atoms with Crippen LogP contribution >= 0.6 is 0 Å². The maximum atomic E-state index is 12.1. The maximum absolute atomic E-state index is 12.1. The number of nitrogens with zero attached hydrogens (tertiary/aromatic N) is 1.